The largest absolute Gasteiger partial charge is 0.497 e. The second-order valence-corrected chi connectivity index (χ2v) is 12.5. The smallest absolute Gasteiger partial charge is 0.243 e. The average Bonchev–Trinajstić information content (AvgIpc) is 3.82. The summed E-state index contributed by atoms with van der Waals surface area (Å²) in [5.74, 6) is -4.82. The van der Waals surface area contributed by atoms with Gasteiger partial charge >= 0.3 is 0 Å². The lowest BCUT2D eigenvalue weighted by Crippen LogP contribution is -2.33. The molecule has 0 aliphatic carbocycles. The van der Waals surface area contributed by atoms with Gasteiger partial charge in [0.25, 0.3) is 0 Å². The summed E-state index contributed by atoms with van der Waals surface area (Å²) in [5.41, 5.74) is 9.64. The monoisotopic (exact) mass is 653 g/mol. The number of nitrogens with zero attached hydrogens (tertiary/aromatic N) is 4. The molecule has 0 radical (unpaired) electrons. The van der Waals surface area contributed by atoms with E-state index >= 15 is 4.39 Å². The number of carbonyl (C=O) groups is 1. The number of nitrogens with one attached hydrogen (secondary N) is 1. The van der Waals surface area contributed by atoms with Crippen molar-refractivity contribution >= 4 is 21.6 Å². The first kappa shape index (κ1) is 32.5. The first-order chi connectivity index (χ1) is 22.0. The van der Waals surface area contributed by atoms with E-state index in [0.29, 0.717) is 11.8 Å². The lowest BCUT2D eigenvalue weighted by molar-refractivity contribution is -0.117. The van der Waals surface area contributed by atoms with E-state index in [1.54, 1.807) is 0 Å². The molecule has 0 bridgehead atoms. The van der Waals surface area contributed by atoms with Gasteiger partial charge in [0.05, 0.1) is 12.0 Å². The zero-order valence-electron chi connectivity index (χ0n) is 24.3. The molecule has 1 aliphatic rings. The molecule has 1 fully saturated rings. The third-order valence-electron chi connectivity index (χ3n) is 7.67. The van der Waals surface area contributed by atoms with Crippen molar-refractivity contribution in [3.63, 3.8) is 0 Å². The summed E-state index contributed by atoms with van der Waals surface area (Å²) >= 11 is 0. The molecule has 0 aromatic heterocycles. The summed E-state index contributed by atoms with van der Waals surface area (Å²) in [5, 5.41) is 6.19. The quantitative estimate of drug-likeness (QED) is 0.0600. The number of ether oxygens (including phenoxy) is 1. The molecule has 1 aliphatic heterocycles. The maximum Gasteiger partial charge on any atom is 0.243 e. The molecule has 4 atom stereocenters. The first-order valence-corrected chi connectivity index (χ1v) is 15.5. The van der Waals surface area contributed by atoms with Crippen LogP contribution >= 0.6 is 0 Å². The molecule has 4 aromatic rings. The number of amides is 1. The molecular weight excluding hydrogens is 626 g/mol. The highest BCUT2D eigenvalue weighted by atomic mass is 32.2. The van der Waals surface area contributed by atoms with Crippen LogP contribution in [0.2, 0.25) is 0 Å². The lowest BCUT2D eigenvalue weighted by atomic mass is 9.84. The molecule has 1 saturated heterocycles. The molecule has 0 unspecified atom stereocenters. The predicted molar refractivity (Wildman–Crippen MR) is 162 cm³/mol. The van der Waals surface area contributed by atoms with Gasteiger partial charge in [-0.25, -0.2) is 26.0 Å². The van der Waals surface area contributed by atoms with Crippen LogP contribution in [-0.2, 0) is 21.2 Å². The number of anilines is 1. The normalized spacial score (nSPS) is 17.0. The fourth-order valence-corrected chi connectivity index (χ4v) is 6.95. The van der Waals surface area contributed by atoms with E-state index in [9.17, 15) is 31.9 Å². The standard InChI is InChI=1S/C32H27F4N5O4S/c1-45-25-10-12-26(13-11-25)46(43,44)41-18-24(41)9-14-27-28(36)3-2-4-29(27)38-32(42)31(39-40-37)30(19-5-7-21(33)8-6-19)20-15-22(34)17-23(35)16-20/h2-8,10-13,15-17,24,30-31H,9,14,18H2,1H3,(H,38,42)/t24-,30-,31-,41-/m0/s1. The van der Waals surface area contributed by atoms with Crippen molar-refractivity contribution in [3.05, 3.63) is 135 Å². The Morgan fingerprint density at radius 3 is 2.28 bits per heavy atom. The van der Waals surface area contributed by atoms with Crippen LogP contribution in [0.1, 0.15) is 29.0 Å². The Bertz CT molecular complexity index is 1880. The summed E-state index contributed by atoms with van der Waals surface area (Å²) in [6.45, 7) is 0.229. The summed E-state index contributed by atoms with van der Waals surface area (Å²) in [6, 6.07) is 15.2. The van der Waals surface area contributed by atoms with Crippen LogP contribution in [0.25, 0.3) is 10.4 Å². The topological polar surface area (TPSA) is 124 Å². The van der Waals surface area contributed by atoms with Gasteiger partial charge in [-0.2, -0.15) is 4.31 Å². The van der Waals surface area contributed by atoms with E-state index in [4.69, 9.17) is 4.74 Å². The summed E-state index contributed by atoms with van der Waals surface area (Å²) < 4.78 is 89.8. The van der Waals surface area contributed by atoms with Crippen molar-refractivity contribution < 1.29 is 35.5 Å². The molecule has 1 N–H and O–H groups in total. The number of azide groups is 1. The molecule has 0 saturated carbocycles. The molecule has 1 amide bonds. The molecule has 0 spiro atoms. The number of methoxy groups -OCH3 is 1. The number of rotatable bonds is 12. The Kier molecular flexibility index (Phi) is 9.61. The summed E-state index contributed by atoms with van der Waals surface area (Å²) in [7, 11) is -2.31. The van der Waals surface area contributed by atoms with Gasteiger partial charge in [-0.1, -0.05) is 23.3 Å². The van der Waals surface area contributed by atoms with Crippen molar-refractivity contribution in [2.75, 3.05) is 19.0 Å². The summed E-state index contributed by atoms with van der Waals surface area (Å²) in [6.07, 6.45) is 0.282. The third kappa shape index (κ3) is 7.15. The minimum Gasteiger partial charge on any atom is -0.497 e. The molecule has 9 nitrogen and oxygen atoms in total. The van der Waals surface area contributed by atoms with Gasteiger partial charge < -0.3 is 10.1 Å². The Hall–Kier alpha value is -4.91. The minimum absolute atomic E-state index is 0.0385. The van der Waals surface area contributed by atoms with Crippen LogP contribution in [0.4, 0.5) is 23.2 Å². The Morgan fingerprint density at radius 2 is 1.65 bits per heavy atom. The van der Waals surface area contributed by atoms with Crippen molar-refractivity contribution in [2.45, 2.75) is 35.7 Å². The van der Waals surface area contributed by atoms with E-state index in [-0.39, 0.29) is 46.7 Å². The van der Waals surface area contributed by atoms with E-state index in [0.717, 1.165) is 24.3 Å². The second-order valence-electron chi connectivity index (χ2n) is 10.6. The first-order valence-electron chi connectivity index (χ1n) is 14.0. The third-order valence-corrected chi connectivity index (χ3v) is 9.60. The second kappa shape index (κ2) is 13.6. The van der Waals surface area contributed by atoms with Gasteiger partial charge in [-0.15, -0.1) is 0 Å². The van der Waals surface area contributed by atoms with E-state index < -0.39 is 57.2 Å². The van der Waals surface area contributed by atoms with Crippen molar-refractivity contribution in [2.24, 2.45) is 5.11 Å². The molecule has 46 heavy (non-hydrogen) atoms. The van der Waals surface area contributed by atoms with Crippen LogP contribution in [0.15, 0.2) is 94.9 Å². The van der Waals surface area contributed by atoms with E-state index in [1.165, 1.54) is 66.0 Å². The molecule has 5 rings (SSSR count). The highest BCUT2D eigenvalue weighted by molar-refractivity contribution is 7.89. The van der Waals surface area contributed by atoms with Crippen LogP contribution in [0.5, 0.6) is 5.75 Å². The van der Waals surface area contributed by atoms with Gasteiger partial charge in [0.1, 0.15) is 35.1 Å². The maximum absolute atomic E-state index is 15.1. The van der Waals surface area contributed by atoms with Crippen LogP contribution in [-0.4, -0.2) is 44.4 Å². The number of sulfonamides is 1. The molecule has 1 heterocycles. The number of carbonyl (C=O) groups excluding carboxylic acids is 1. The van der Waals surface area contributed by atoms with Gasteiger partial charge in [0.15, 0.2) is 0 Å². The van der Waals surface area contributed by atoms with Gasteiger partial charge in [-0.3, -0.25) is 4.79 Å². The average molecular weight is 654 g/mol. The number of hydrogen-bond acceptors (Lipinski definition) is 5. The predicted octanol–water partition coefficient (Wildman–Crippen LogP) is 6.71. The van der Waals surface area contributed by atoms with Gasteiger partial charge in [0.2, 0.25) is 15.9 Å². The van der Waals surface area contributed by atoms with Gasteiger partial charge in [-0.05, 0) is 90.2 Å². The zero-order chi connectivity index (χ0) is 33.0. The fraction of sp³-hybridized carbons (Fsp3) is 0.219. The Morgan fingerprint density at radius 1 is 0.978 bits per heavy atom. The maximum atomic E-state index is 15.1. The van der Waals surface area contributed by atoms with Crippen LogP contribution in [0.3, 0.4) is 0 Å². The van der Waals surface area contributed by atoms with Crippen molar-refractivity contribution in [1.82, 2.24) is 4.31 Å². The SMILES string of the molecule is COc1ccc(S(=O)(=O)[N@@]2C[C@@H]2CCc2c(F)cccc2NC(=O)[C@@H](N=[N+]=[N-])[C@@H](c2ccc(F)cc2)c2cc(F)cc(F)c2)cc1. The Labute approximate surface area is 262 Å². The molecule has 14 heteroatoms. The number of halogens is 4. The Balaban J connectivity index is 1.38. The van der Waals surface area contributed by atoms with Crippen LogP contribution in [0, 0.1) is 23.3 Å². The highest BCUT2D eigenvalue weighted by Crippen LogP contribution is 2.35. The minimum atomic E-state index is -3.78. The zero-order valence-corrected chi connectivity index (χ0v) is 25.1. The lowest BCUT2D eigenvalue weighted by Gasteiger charge is -2.25. The molecular formula is C32H27F4N5O4S. The van der Waals surface area contributed by atoms with Crippen LogP contribution < -0.4 is 10.1 Å². The fourth-order valence-electron chi connectivity index (χ4n) is 5.33. The van der Waals surface area contributed by atoms with Gasteiger partial charge in [0, 0.05) is 40.7 Å². The van der Waals surface area contributed by atoms with E-state index in [1.807, 2.05) is 0 Å². The molecule has 4 aromatic carbocycles. The van der Waals surface area contributed by atoms with E-state index in [2.05, 4.69) is 15.3 Å². The van der Waals surface area contributed by atoms with Crippen molar-refractivity contribution in [1.29, 1.82) is 0 Å². The summed E-state index contributed by atoms with van der Waals surface area (Å²) in [4.78, 5) is 16.5. The highest BCUT2D eigenvalue weighted by Gasteiger charge is 2.44. The number of benzene rings is 4. The number of hydrogen-bond donors (Lipinski definition) is 1. The molecule has 238 valence electrons. The van der Waals surface area contributed by atoms with Crippen molar-refractivity contribution in [3.8, 4) is 5.75 Å².